The van der Waals surface area contributed by atoms with E-state index in [-0.39, 0.29) is 24.3 Å². The molecule has 0 fully saturated rings. The normalized spacial score (nSPS) is 12.0. The average Bonchev–Trinajstić information content (AvgIpc) is 2.81. The lowest BCUT2D eigenvalue weighted by Gasteiger charge is -2.00. The second kappa shape index (κ2) is 5.93. The fraction of sp³-hybridized carbons (Fsp3) is 0.333. The fourth-order valence-corrected chi connectivity index (χ4v) is 1.46. The summed E-state index contributed by atoms with van der Waals surface area (Å²) in [5, 5.41) is 3.84. The minimum atomic E-state index is -0.252. The van der Waals surface area contributed by atoms with Gasteiger partial charge < -0.3 is 10.3 Å². The summed E-state index contributed by atoms with van der Waals surface area (Å²) in [5.74, 6) is 0.596. The van der Waals surface area contributed by atoms with Gasteiger partial charge in [0.2, 0.25) is 11.7 Å². The maximum atomic E-state index is 13.1. The third kappa shape index (κ3) is 2.86. The molecule has 18 heavy (non-hydrogen) atoms. The Balaban J connectivity index is 0.00000162. The Kier molecular flexibility index (Phi) is 4.81. The minimum Gasteiger partial charge on any atom is -0.337 e. The highest BCUT2D eigenvalue weighted by Gasteiger charge is 2.14. The largest absolute Gasteiger partial charge is 0.337 e. The lowest BCUT2D eigenvalue weighted by Crippen LogP contribution is -2.08. The Labute approximate surface area is 111 Å². The van der Waals surface area contributed by atoms with Crippen LogP contribution in [0.3, 0.4) is 0 Å². The molecule has 0 saturated heterocycles. The maximum Gasteiger partial charge on any atom is 0.243 e. The standard InChI is InChI=1S/C12H14FN3O.ClH/c1-3-10(14)12-15-11(16-17-12)8-4-5-9(13)7(2)6-8;/h4-6,10H,3,14H2,1-2H3;1H/t10-;/m0./s1. The Bertz CT molecular complexity index is 530. The maximum absolute atomic E-state index is 13.1. The first-order valence-corrected chi connectivity index (χ1v) is 5.47. The molecule has 1 heterocycles. The number of nitrogens with zero attached hydrogens (tertiary/aromatic N) is 2. The third-order valence-corrected chi connectivity index (χ3v) is 2.61. The Hall–Kier alpha value is -1.46. The first-order valence-electron chi connectivity index (χ1n) is 5.47. The number of rotatable bonds is 3. The molecule has 0 unspecified atom stereocenters. The molecule has 2 rings (SSSR count). The van der Waals surface area contributed by atoms with Gasteiger partial charge in [0.25, 0.3) is 0 Å². The van der Waals surface area contributed by atoms with E-state index >= 15 is 0 Å². The molecule has 2 N–H and O–H groups in total. The van der Waals surface area contributed by atoms with Gasteiger partial charge in [0.05, 0.1) is 6.04 Å². The Morgan fingerprint density at radius 1 is 1.44 bits per heavy atom. The molecule has 98 valence electrons. The van der Waals surface area contributed by atoms with E-state index in [9.17, 15) is 4.39 Å². The molecule has 1 aromatic carbocycles. The minimum absolute atomic E-state index is 0. The zero-order valence-electron chi connectivity index (χ0n) is 10.2. The summed E-state index contributed by atoms with van der Waals surface area (Å²) >= 11 is 0. The number of hydrogen-bond donors (Lipinski definition) is 1. The topological polar surface area (TPSA) is 64.9 Å². The number of hydrogen-bond acceptors (Lipinski definition) is 4. The van der Waals surface area contributed by atoms with Crippen LogP contribution in [0.5, 0.6) is 0 Å². The predicted molar refractivity (Wildman–Crippen MR) is 68.9 cm³/mol. The van der Waals surface area contributed by atoms with E-state index in [0.717, 1.165) is 12.0 Å². The van der Waals surface area contributed by atoms with Crippen LogP contribution in [0.15, 0.2) is 22.7 Å². The summed E-state index contributed by atoms with van der Waals surface area (Å²) in [6.45, 7) is 3.63. The van der Waals surface area contributed by atoms with E-state index in [4.69, 9.17) is 10.3 Å². The van der Waals surface area contributed by atoms with Crippen LogP contribution in [0.1, 0.15) is 30.8 Å². The van der Waals surface area contributed by atoms with Crippen LogP contribution < -0.4 is 5.73 Å². The van der Waals surface area contributed by atoms with Gasteiger partial charge in [0, 0.05) is 5.56 Å². The van der Waals surface area contributed by atoms with Gasteiger partial charge in [0.15, 0.2) is 0 Å². The molecule has 2 aromatic rings. The summed E-state index contributed by atoms with van der Waals surface area (Å²) in [6, 6.07) is 4.44. The Morgan fingerprint density at radius 2 is 2.17 bits per heavy atom. The molecule has 4 nitrogen and oxygen atoms in total. The zero-order valence-corrected chi connectivity index (χ0v) is 11.0. The van der Waals surface area contributed by atoms with E-state index < -0.39 is 0 Å². The van der Waals surface area contributed by atoms with Crippen LogP contribution in [0.2, 0.25) is 0 Å². The van der Waals surface area contributed by atoms with E-state index in [1.165, 1.54) is 6.07 Å². The number of aromatic nitrogens is 2. The van der Waals surface area contributed by atoms with Crippen LogP contribution >= 0.6 is 12.4 Å². The third-order valence-electron chi connectivity index (χ3n) is 2.61. The molecular formula is C12H15ClFN3O. The lowest BCUT2D eigenvalue weighted by molar-refractivity contribution is 0.352. The molecule has 0 aliphatic heterocycles. The van der Waals surface area contributed by atoms with Crippen LogP contribution in [0.25, 0.3) is 11.4 Å². The van der Waals surface area contributed by atoms with Crippen molar-refractivity contribution in [2.24, 2.45) is 5.73 Å². The van der Waals surface area contributed by atoms with Crippen LogP contribution in [0, 0.1) is 12.7 Å². The van der Waals surface area contributed by atoms with Gasteiger partial charge >= 0.3 is 0 Å². The first kappa shape index (κ1) is 14.6. The van der Waals surface area contributed by atoms with Crippen molar-refractivity contribution in [3.05, 3.63) is 35.5 Å². The van der Waals surface area contributed by atoms with E-state index in [1.807, 2.05) is 6.92 Å². The summed E-state index contributed by atoms with van der Waals surface area (Å²) in [7, 11) is 0. The van der Waals surface area contributed by atoms with E-state index in [2.05, 4.69) is 10.1 Å². The molecular weight excluding hydrogens is 257 g/mol. The van der Waals surface area contributed by atoms with Crippen molar-refractivity contribution < 1.29 is 8.91 Å². The van der Waals surface area contributed by atoms with Crippen molar-refractivity contribution in [1.29, 1.82) is 0 Å². The summed E-state index contributed by atoms with van der Waals surface area (Å²) in [6.07, 6.45) is 0.726. The van der Waals surface area contributed by atoms with Gasteiger partial charge in [-0.05, 0) is 37.1 Å². The SMILES string of the molecule is CC[C@H](N)c1nc(-c2ccc(F)c(C)c2)no1.Cl. The molecule has 0 amide bonds. The molecule has 0 spiro atoms. The highest BCUT2D eigenvalue weighted by Crippen LogP contribution is 2.21. The monoisotopic (exact) mass is 271 g/mol. The molecule has 0 aliphatic rings. The molecule has 6 heteroatoms. The molecule has 0 saturated carbocycles. The van der Waals surface area contributed by atoms with E-state index in [0.29, 0.717) is 17.3 Å². The van der Waals surface area contributed by atoms with Crippen molar-refractivity contribution in [1.82, 2.24) is 10.1 Å². The molecule has 0 radical (unpaired) electrons. The summed E-state index contributed by atoms with van der Waals surface area (Å²) < 4.78 is 18.2. The van der Waals surface area contributed by atoms with Crippen molar-refractivity contribution in [3.63, 3.8) is 0 Å². The van der Waals surface area contributed by atoms with Gasteiger partial charge in [-0.2, -0.15) is 4.98 Å². The summed E-state index contributed by atoms with van der Waals surface area (Å²) in [5.41, 5.74) is 7.06. The average molecular weight is 272 g/mol. The molecule has 0 bridgehead atoms. The molecule has 0 aliphatic carbocycles. The first-order chi connectivity index (χ1) is 8.11. The predicted octanol–water partition coefficient (Wildman–Crippen LogP) is 3.02. The van der Waals surface area contributed by atoms with Gasteiger partial charge in [-0.1, -0.05) is 12.1 Å². The Morgan fingerprint density at radius 3 is 2.78 bits per heavy atom. The van der Waals surface area contributed by atoms with Crippen molar-refractivity contribution in [2.75, 3.05) is 0 Å². The highest BCUT2D eigenvalue weighted by atomic mass is 35.5. The number of benzene rings is 1. The second-order valence-corrected chi connectivity index (χ2v) is 3.93. The lowest BCUT2D eigenvalue weighted by atomic mass is 10.1. The number of aryl methyl sites for hydroxylation is 1. The van der Waals surface area contributed by atoms with Crippen molar-refractivity contribution in [3.8, 4) is 11.4 Å². The van der Waals surface area contributed by atoms with Gasteiger partial charge in [-0.15, -0.1) is 12.4 Å². The fourth-order valence-electron chi connectivity index (χ4n) is 1.46. The number of halogens is 2. The highest BCUT2D eigenvalue weighted by molar-refractivity contribution is 5.85. The van der Waals surface area contributed by atoms with E-state index in [1.54, 1.807) is 19.1 Å². The molecule has 1 aromatic heterocycles. The van der Waals surface area contributed by atoms with Crippen LogP contribution in [-0.4, -0.2) is 10.1 Å². The van der Waals surface area contributed by atoms with Gasteiger partial charge in [-0.25, -0.2) is 4.39 Å². The van der Waals surface area contributed by atoms with Crippen molar-refractivity contribution >= 4 is 12.4 Å². The molecule has 1 atom stereocenters. The quantitative estimate of drug-likeness (QED) is 0.932. The van der Waals surface area contributed by atoms with Gasteiger partial charge in [-0.3, -0.25) is 0 Å². The summed E-state index contributed by atoms with van der Waals surface area (Å²) in [4.78, 5) is 4.20. The van der Waals surface area contributed by atoms with Gasteiger partial charge in [0.1, 0.15) is 5.82 Å². The second-order valence-electron chi connectivity index (χ2n) is 3.93. The smallest absolute Gasteiger partial charge is 0.243 e. The van der Waals surface area contributed by atoms with Crippen LogP contribution in [-0.2, 0) is 0 Å². The zero-order chi connectivity index (χ0) is 12.4. The van der Waals surface area contributed by atoms with Crippen molar-refractivity contribution in [2.45, 2.75) is 26.3 Å². The van der Waals surface area contributed by atoms with Crippen LogP contribution in [0.4, 0.5) is 4.39 Å². The number of nitrogens with two attached hydrogens (primary N) is 1.